The molecule has 1 aromatic carbocycles. The molecule has 2 fully saturated rings. The highest BCUT2D eigenvalue weighted by Crippen LogP contribution is 2.23. The lowest BCUT2D eigenvalue weighted by Gasteiger charge is -2.19. The number of hydrogen-bond donors (Lipinski definition) is 1. The van der Waals surface area contributed by atoms with Gasteiger partial charge in [0.25, 0.3) is 0 Å². The van der Waals surface area contributed by atoms with E-state index in [1.807, 2.05) is 6.07 Å². The highest BCUT2D eigenvalue weighted by Gasteiger charge is 2.28. The Morgan fingerprint density at radius 1 is 1.00 bits per heavy atom. The highest BCUT2D eigenvalue weighted by molar-refractivity contribution is 7.89. The van der Waals surface area contributed by atoms with Crippen LogP contribution in [0.1, 0.15) is 19.3 Å². The molecule has 2 saturated heterocycles. The molecule has 0 aliphatic carbocycles. The Morgan fingerprint density at radius 3 is 2.46 bits per heavy atom. The summed E-state index contributed by atoms with van der Waals surface area (Å²) in [5.41, 5.74) is 1.23. The quantitative estimate of drug-likeness (QED) is 0.874. The number of sulfonamides is 1. The second-order valence-electron chi connectivity index (χ2n) is 6.90. The smallest absolute Gasteiger partial charge is 0.244 e. The number of nitrogens with one attached hydrogen (secondary N) is 1. The Bertz CT molecular complexity index is 834. The average Bonchev–Trinajstić information content (AvgIpc) is 3.35. The Balaban J connectivity index is 1.39. The molecule has 0 radical (unpaired) electrons. The van der Waals surface area contributed by atoms with Crippen molar-refractivity contribution in [2.45, 2.75) is 30.2 Å². The lowest BCUT2D eigenvalue weighted by molar-refractivity contribution is 0.477. The zero-order valence-electron chi connectivity index (χ0n) is 14.7. The minimum atomic E-state index is -3.39. The summed E-state index contributed by atoms with van der Waals surface area (Å²) < 4.78 is 26.6. The van der Waals surface area contributed by atoms with Crippen LogP contribution in [0.2, 0.25) is 0 Å². The SMILES string of the molecule is O=S(=O)(c1ccc(NC2CCN(c3ccccc3)C2)nc1)N1CCCC1. The third-order valence-corrected chi connectivity index (χ3v) is 6.98. The van der Waals surface area contributed by atoms with E-state index in [0.29, 0.717) is 19.1 Å². The lowest BCUT2D eigenvalue weighted by atomic mass is 10.2. The molecule has 1 atom stereocenters. The number of hydrogen-bond acceptors (Lipinski definition) is 5. The maximum absolute atomic E-state index is 12.5. The summed E-state index contributed by atoms with van der Waals surface area (Å²) in [6, 6.07) is 14.1. The second kappa shape index (κ2) is 7.25. The molecule has 7 heteroatoms. The van der Waals surface area contributed by atoms with Crippen LogP contribution in [0, 0.1) is 0 Å². The summed E-state index contributed by atoms with van der Waals surface area (Å²) in [6.45, 7) is 3.14. The number of rotatable bonds is 5. The Kier molecular flexibility index (Phi) is 4.82. The van der Waals surface area contributed by atoms with Gasteiger partial charge in [0, 0.05) is 44.1 Å². The summed E-state index contributed by atoms with van der Waals surface area (Å²) in [5, 5.41) is 3.43. The molecule has 3 heterocycles. The van der Waals surface area contributed by atoms with Crippen molar-refractivity contribution in [1.29, 1.82) is 0 Å². The molecule has 0 spiro atoms. The van der Waals surface area contributed by atoms with Gasteiger partial charge in [-0.25, -0.2) is 13.4 Å². The predicted molar refractivity (Wildman–Crippen MR) is 103 cm³/mol. The van der Waals surface area contributed by atoms with Crippen LogP contribution >= 0.6 is 0 Å². The highest BCUT2D eigenvalue weighted by atomic mass is 32.2. The molecule has 4 rings (SSSR count). The first-order valence-electron chi connectivity index (χ1n) is 9.16. The van der Waals surface area contributed by atoms with Crippen LogP contribution in [0.5, 0.6) is 0 Å². The maximum Gasteiger partial charge on any atom is 0.244 e. The fourth-order valence-corrected chi connectivity index (χ4v) is 5.12. The standard InChI is InChI=1S/C19H24N4O2S/c24-26(25,23-11-4-5-12-23)18-8-9-19(20-14-18)21-16-10-13-22(15-16)17-6-2-1-3-7-17/h1-3,6-9,14,16H,4-5,10-13,15H2,(H,20,21). The van der Waals surface area contributed by atoms with Crippen molar-refractivity contribution in [3.63, 3.8) is 0 Å². The molecule has 2 aliphatic rings. The van der Waals surface area contributed by atoms with Crippen molar-refractivity contribution >= 4 is 21.5 Å². The van der Waals surface area contributed by atoms with Crippen molar-refractivity contribution in [3.8, 4) is 0 Å². The first-order chi connectivity index (χ1) is 12.6. The van der Waals surface area contributed by atoms with E-state index in [9.17, 15) is 8.42 Å². The van der Waals surface area contributed by atoms with Crippen LogP contribution in [0.3, 0.4) is 0 Å². The molecule has 2 aliphatic heterocycles. The van der Waals surface area contributed by atoms with Crippen molar-refractivity contribution < 1.29 is 8.42 Å². The first-order valence-corrected chi connectivity index (χ1v) is 10.6. The Morgan fingerprint density at radius 2 is 1.77 bits per heavy atom. The van der Waals surface area contributed by atoms with Crippen LogP contribution in [-0.2, 0) is 10.0 Å². The van der Waals surface area contributed by atoms with E-state index in [0.717, 1.165) is 38.2 Å². The maximum atomic E-state index is 12.5. The molecule has 1 unspecified atom stereocenters. The van der Waals surface area contributed by atoms with Crippen LogP contribution in [-0.4, -0.2) is 49.9 Å². The zero-order valence-corrected chi connectivity index (χ0v) is 15.5. The monoisotopic (exact) mass is 372 g/mol. The Hall–Kier alpha value is -2.12. The van der Waals surface area contributed by atoms with E-state index >= 15 is 0 Å². The average molecular weight is 372 g/mol. The van der Waals surface area contributed by atoms with Gasteiger partial charge in [-0.15, -0.1) is 0 Å². The molecule has 0 amide bonds. The van der Waals surface area contributed by atoms with Gasteiger partial charge in [0.15, 0.2) is 0 Å². The number of pyridine rings is 1. The summed E-state index contributed by atoms with van der Waals surface area (Å²) in [4.78, 5) is 6.97. The van der Waals surface area contributed by atoms with Gasteiger partial charge in [0.05, 0.1) is 0 Å². The lowest BCUT2D eigenvalue weighted by Crippen LogP contribution is -2.28. The topological polar surface area (TPSA) is 65.5 Å². The third-order valence-electron chi connectivity index (χ3n) is 5.10. The van der Waals surface area contributed by atoms with Crippen LogP contribution in [0.15, 0.2) is 53.6 Å². The van der Waals surface area contributed by atoms with E-state index in [-0.39, 0.29) is 4.90 Å². The molecule has 26 heavy (non-hydrogen) atoms. The van der Waals surface area contributed by atoms with Crippen LogP contribution < -0.4 is 10.2 Å². The van der Waals surface area contributed by atoms with Gasteiger partial charge in [-0.2, -0.15) is 4.31 Å². The Labute approximate surface area is 154 Å². The van der Waals surface area contributed by atoms with E-state index in [4.69, 9.17) is 0 Å². The summed E-state index contributed by atoms with van der Waals surface area (Å²) in [5.74, 6) is 0.727. The molecule has 1 aromatic heterocycles. The number of nitrogens with zero attached hydrogens (tertiary/aromatic N) is 3. The van der Waals surface area contributed by atoms with Crippen molar-refractivity contribution in [3.05, 3.63) is 48.7 Å². The zero-order chi connectivity index (χ0) is 18.0. The number of benzene rings is 1. The minimum absolute atomic E-state index is 0.280. The van der Waals surface area contributed by atoms with Gasteiger partial charge >= 0.3 is 0 Å². The summed E-state index contributed by atoms with van der Waals surface area (Å²) in [6.07, 6.45) is 4.38. The first kappa shape index (κ1) is 17.3. The largest absolute Gasteiger partial charge is 0.369 e. The molecule has 1 N–H and O–H groups in total. The molecular weight excluding hydrogens is 348 g/mol. The van der Waals surface area contributed by atoms with Gasteiger partial charge in [0.1, 0.15) is 10.7 Å². The normalized spacial score (nSPS) is 21.2. The molecule has 138 valence electrons. The van der Waals surface area contributed by atoms with E-state index in [1.54, 1.807) is 16.4 Å². The number of anilines is 2. The number of aromatic nitrogens is 1. The number of para-hydroxylation sites is 1. The van der Waals surface area contributed by atoms with E-state index < -0.39 is 10.0 Å². The van der Waals surface area contributed by atoms with Gasteiger partial charge in [-0.1, -0.05) is 18.2 Å². The van der Waals surface area contributed by atoms with Crippen LogP contribution in [0.25, 0.3) is 0 Å². The van der Waals surface area contributed by atoms with Gasteiger partial charge in [-0.3, -0.25) is 0 Å². The third kappa shape index (κ3) is 3.54. The van der Waals surface area contributed by atoms with Gasteiger partial charge in [-0.05, 0) is 43.5 Å². The fraction of sp³-hybridized carbons (Fsp3) is 0.421. The van der Waals surface area contributed by atoms with Crippen molar-refractivity contribution in [1.82, 2.24) is 9.29 Å². The molecule has 0 saturated carbocycles. The second-order valence-corrected chi connectivity index (χ2v) is 8.84. The van der Waals surface area contributed by atoms with Crippen molar-refractivity contribution in [2.75, 3.05) is 36.4 Å². The molecule has 6 nitrogen and oxygen atoms in total. The van der Waals surface area contributed by atoms with Crippen LogP contribution in [0.4, 0.5) is 11.5 Å². The van der Waals surface area contributed by atoms with Crippen molar-refractivity contribution in [2.24, 2.45) is 0 Å². The van der Waals surface area contributed by atoms with E-state index in [2.05, 4.69) is 39.5 Å². The minimum Gasteiger partial charge on any atom is -0.369 e. The molecular formula is C19H24N4O2S. The fourth-order valence-electron chi connectivity index (χ4n) is 3.66. The van der Waals surface area contributed by atoms with Gasteiger partial charge in [0.2, 0.25) is 10.0 Å². The van der Waals surface area contributed by atoms with E-state index in [1.165, 1.54) is 11.9 Å². The predicted octanol–water partition coefficient (Wildman–Crippen LogP) is 2.56. The molecule has 2 aromatic rings. The summed E-state index contributed by atoms with van der Waals surface area (Å²) >= 11 is 0. The molecule has 0 bridgehead atoms. The summed E-state index contributed by atoms with van der Waals surface area (Å²) in [7, 11) is -3.39. The van der Waals surface area contributed by atoms with Gasteiger partial charge < -0.3 is 10.2 Å².